The molecule has 0 fully saturated rings. The summed E-state index contributed by atoms with van der Waals surface area (Å²) in [5.41, 5.74) is 0. The minimum atomic E-state index is -4.36. The largest absolute Gasteiger partial charge is 0.472 e. The number of likely N-dealkylation sites (N-methyl/N-ethyl adjacent to an activating group) is 1. The van der Waals surface area contributed by atoms with E-state index in [9.17, 15) is 19.4 Å². The number of nitrogens with one attached hydrogen (secondary N) is 1. The molecular formula is C41H74N2O6P+. The predicted octanol–water partition coefficient (Wildman–Crippen LogP) is 10.1. The highest BCUT2D eigenvalue weighted by Gasteiger charge is 2.27. The SMILES string of the molecule is CC/C=C\C/C=C\C/C=C\C/C=C\C/C=C\CC(=O)NC(COP(=O)(O)OCC[N+](C)(C)C)C(O)/C=C/CCCCCCCCCCCCC. The van der Waals surface area contributed by atoms with Gasteiger partial charge in [-0.2, -0.15) is 0 Å². The Morgan fingerprint density at radius 2 is 1.18 bits per heavy atom. The number of hydrogen-bond acceptors (Lipinski definition) is 5. The first-order valence-corrected chi connectivity index (χ1v) is 20.8. The third-order valence-electron chi connectivity index (χ3n) is 7.96. The number of nitrogens with zero attached hydrogens (tertiary/aromatic N) is 1. The van der Waals surface area contributed by atoms with Gasteiger partial charge in [0.05, 0.1) is 39.9 Å². The van der Waals surface area contributed by atoms with Crippen molar-refractivity contribution in [2.24, 2.45) is 0 Å². The van der Waals surface area contributed by atoms with Crippen LogP contribution in [0.2, 0.25) is 0 Å². The molecule has 0 spiro atoms. The molecule has 0 aliphatic rings. The van der Waals surface area contributed by atoms with E-state index in [1.54, 1.807) is 12.2 Å². The number of quaternary nitrogens is 1. The molecule has 1 amide bonds. The smallest absolute Gasteiger partial charge is 0.387 e. The number of carbonyl (C=O) groups excluding carboxylic acids is 1. The van der Waals surface area contributed by atoms with Crippen LogP contribution in [0.4, 0.5) is 0 Å². The van der Waals surface area contributed by atoms with Gasteiger partial charge in [-0.25, -0.2) is 4.57 Å². The summed E-state index contributed by atoms with van der Waals surface area (Å²) in [5, 5.41) is 13.7. The Labute approximate surface area is 306 Å². The van der Waals surface area contributed by atoms with Crippen LogP contribution in [0.1, 0.15) is 129 Å². The van der Waals surface area contributed by atoms with Crippen LogP contribution in [0.15, 0.2) is 72.9 Å². The second kappa shape index (κ2) is 32.8. The van der Waals surface area contributed by atoms with Crippen molar-refractivity contribution in [3.63, 3.8) is 0 Å². The van der Waals surface area contributed by atoms with Gasteiger partial charge in [-0.05, 0) is 44.9 Å². The first-order chi connectivity index (χ1) is 24.0. The molecule has 9 heteroatoms. The van der Waals surface area contributed by atoms with Gasteiger partial charge in [0.2, 0.25) is 5.91 Å². The van der Waals surface area contributed by atoms with Gasteiger partial charge in [0.1, 0.15) is 13.2 Å². The number of carbonyl (C=O) groups is 1. The average molecular weight is 722 g/mol. The molecule has 0 radical (unpaired) electrons. The molecule has 8 nitrogen and oxygen atoms in total. The molecule has 0 saturated carbocycles. The number of allylic oxidation sites excluding steroid dienone is 10. The monoisotopic (exact) mass is 722 g/mol. The molecule has 0 aliphatic heterocycles. The molecule has 3 atom stereocenters. The lowest BCUT2D eigenvalue weighted by Crippen LogP contribution is -2.45. The molecule has 0 rings (SSSR count). The Morgan fingerprint density at radius 3 is 1.68 bits per heavy atom. The van der Waals surface area contributed by atoms with Gasteiger partial charge in [-0.3, -0.25) is 13.8 Å². The van der Waals surface area contributed by atoms with Crippen LogP contribution < -0.4 is 5.32 Å². The van der Waals surface area contributed by atoms with E-state index in [4.69, 9.17) is 9.05 Å². The lowest BCUT2D eigenvalue weighted by molar-refractivity contribution is -0.870. The molecule has 0 aromatic heterocycles. The Kier molecular flexibility index (Phi) is 31.5. The summed E-state index contributed by atoms with van der Waals surface area (Å²) in [5.74, 6) is -0.309. The normalized spacial score (nSPS) is 15.4. The van der Waals surface area contributed by atoms with Gasteiger partial charge in [0, 0.05) is 6.42 Å². The van der Waals surface area contributed by atoms with Gasteiger partial charge in [-0.1, -0.05) is 151 Å². The van der Waals surface area contributed by atoms with Crippen molar-refractivity contribution in [3.8, 4) is 0 Å². The zero-order valence-electron chi connectivity index (χ0n) is 32.4. The molecule has 0 aromatic carbocycles. The minimum Gasteiger partial charge on any atom is -0.387 e. The van der Waals surface area contributed by atoms with E-state index in [0.29, 0.717) is 17.4 Å². The van der Waals surface area contributed by atoms with Gasteiger partial charge in [-0.15, -0.1) is 0 Å². The maximum absolute atomic E-state index is 12.7. The Balaban J connectivity index is 4.71. The first-order valence-electron chi connectivity index (χ1n) is 19.3. The average Bonchev–Trinajstić information content (AvgIpc) is 3.06. The second-order valence-electron chi connectivity index (χ2n) is 13.9. The second-order valence-corrected chi connectivity index (χ2v) is 15.4. The van der Waals surface area contributed by atoms with Crippen LogP contribution in [0, 0.1) is 0 Å². The summed E-state index contributed by atoms with van der Waals surface area (Å²) in [4.78, 5) is 22.9. The number of aliphatic hydroxyl groups is 1. The highest BCUT2D eigenvalue weighted by Crippen LogP contribution is 2.43. The van der Waals surface area contributed by atoms with Crippen molar-refractivity contribution in [2.75, 3.05) is 40.9 Å². The number of phosphoric ester groups is 1. The van der Waals surface area contributed by atoms with Crippen LogP contribution in [0.5, 0.6) is 0 Å². The standard InChI is InChI=1S/C41H73N2O6P/c1-6-8-10-12-14-16-18-20-21-23-25-27-29-31-33-35-41(45)42-39(38-49-50(46,47)48-37-36-43(3,4)5)40(44)34-32-30-28-26-24-22-19-17-15-13-11-9-7-2/h8,10,14,16,20-21,25,27,31-34,39-40,44H,6-7,9,11-13,15,17-19,22-24,26,28-30,35-38H2,1-5H3,(H-,42,45,46,47)/p+1/b10-8-,16-14-,21-20-,27-25-,33-31-,34-32+. The summed E-state index contributed by atoms with van der Waals surface area (Å²) < 4.78 is 23.4. The van der Waals surface area contributed by atoms with Crippen molar-refractivity contribution >= 4 is 13.7 Å². The number of rotatable bonds is 33. The number of amides is 1. The van der Waals surface area contributed by atoms with E-state index in [1.807, 2.05) is 33.3 Å². The van der Waals surface area contributed by atoms with E-state index in [1.165, 1.54) is 57.8 Å². The fraction of sp³-hybridized carbons (Fsp3) is 0.683. The summed E-state index contributed by atoms with van der Waals surface area (Å²) in [6.45, 7) is 4.58. The molecule has 0 saturated heterocycles. The molecule has 288 valence electrons. The molecule has 0 heterocycles. The lowest BCUT2D eigenvalue weighted by atomic mass is 10.0. The highest BCUT2D eigenvalue weighted by molar-refractivity contribution is 7.47. The van der Waals surface area contributed by atoms with Crippen molar-refractivity contribution in [1.82, 2.24) is 5.32 Å². The summed E-state index contributed by atoms with van der Waals surface area (Å²) in [6, 6.07) is -0.902. The third-order valence-corrected chi connectivity index (χ3v) is 8.95. The Bertz CT molecular complexity index is 1040. The molecular weight excluding hydrogens is 647 g/mol. The third kappa shape index (κ3) is 34.4. The number of phosphoric acid groups is 1. The minimum absolute atomic E-state index is 0.0415. The van der Waals surface area contributed by atoms with Gasteiger partial charge >= 0.3 is 7.82 Å². The molecule has 0 aromatic rings. The number of unbranched alkanes of at least 4 members (excludes halogenated alkanes) is 11. The quantitative estimate of drug-likeness (QED) is 0.0270. The van der Waals surface area contributed by atoms with E-state index in [0.717, 1.165) is 44.9 Å². The Hall–Kier alpha value is -2.06. The fourth-order valence-electron chi connectivity index (χ4n) is 4.87. The summed E-state index contributed by atoms with van der Waals surface area (Å²) >= 11 is 0. The van der Waals surface area contributed by atoms with Gasteiger partial charge < -0.3 is 19.8 Å². The maximum atomic E-state index is 12.7. The van der Waals surface area contributed by atoms with Gasteiger partial charge in [0.25, 0.3) is 0 Å². The predicted molar refractivity (Wildman–Crippen MR) is 212 cm³/mol. The van der Waals surface area contributed by atoms with Crippen LogP contribution >= 0.6 is 7.82 Å². The summed E-state index contributed by atoms with van der Waals surface area (Å²) in [6.07, 6.45) is 42.8. The van der Waals surface area contributed by atoms with Crippen LogP contribution in [0.3, 0.4) is 0 Å². The zero-order chi connectivity index (χ0) is 37.2. The molecule has 0 bridgehead atoms. The maximum Gasteiger partial charge on any atom is 0.472 e. The van der Waals surface area contributed by atoms with E-state index in [-0.39, 0.29) is 25.5 Å². The van der Waals surface area contributed by atoms with Gasteiger partial charge in [0.15, 0.2) is 0 Å². The van der Waals surface area contributed by atoms with E-state index >= 15 is 0 Å². The lowest BCUT2D eigenvalue weighted by Gasteiger charge is -2.25. The first kappa shape index (κ1) is 47.9. The Morgan fingerprint density at radius 1 is 0.700 bits per heavy atom. The van der Waals surface area contributed by atoms with Crippen LogP contribution in [-0.4, -0.2) is 73.4 Å². The van der Waals surface area contributed by atoms with Crippen LogP contribution in [0.25, 0.3) is 0 Å². The summed E-state index contributed by atoms with van der Waals surface area (Å²) in [7, 11) is 1.50. The van der Waals surface area contributed by atoms with Crippen LogP contribution in [-0.2, 0) is 18.4 Å². The van der Waals surface area contributed by atoms with E-state index < -0.39 is 20.0 Å². The molecule has 3 N–H and O–H groups in total. The molecule has 0 aliphatic carbocycles. The number of aliphatic hydroxyl groups excluding tert-OH is 1. The highest BCUT2D eigenvalue weighted by atomic mass is 31.2. The topological polar surface area (TPSA) is 105 Å². The zero-order valence-corrected chi connectivity index (χ0v) is 33.2. The van der Waals surface area contributed by atoms with Crippen molar-refractivity contribution in [2.45, 2.75) is 142 Å². The molecule has 50 heavy (non-hydrogen) atoms. The number of hydrogen-bond donors (Lipinski definition) is 3. The van der Waals surface area contributed by atoms with E-state index in [2.05, 4.69) is 67.8 Å². The van der Waals surface area contributed by atoms with Crippen molar-refractivity contribution < 1.29 is 32.9 Å². The molecule has 3 unspecified atom stereocenters. The van der Waals surface area contributed by atoms with Crippen molar-refractivity contribution in [3.05, 3.63) is 72.9 Å². The van der Waals surface area contributed by atoms with Crippen molar-refractivity contribution in [1.29, 1.82) is 0 Å². The fourth-order valence-corrected chi connectivity index (χ4v) is 5.61.